The number of methoxy groups -OCH3 is 1. The third-order valence-corrected chi connectivity index (χ3v) is 7.55. The van der Waals surface area contributed by atoms with Crippen LogP contribution in [0.5, 0.6) is 5.75 Å². The van der Waals surface area contributed by atoms with Gasteiger partial charge in [-0.15, -0.1) is 0 Å². The number of carbonyl (C=O) groups is 1. The molecular formula is C22H28N2O4. The zero-order chi connectivity index (χ0) is 19.6. The molecule has 28 heavy (non-hydrogen) atoms. The summed E-state index contributed by atoms with van der Waals surface area (Å²) in [6.07, 6.45) is 3.79. The molecule has 4 bridgehead atoms. The zero-order valence-electron chi connectivity index (χ0n) is 17.0. The van der Waals surface area contributed by atoms with Crippen LogP contribution >= 0.6 is 0 Å². The first-order valence-electron chi connectivity index (χ1n) is 10.1. The molecule has 0 unspecified atom stereocenters. The van der Waals surface area contributed by atoms with Crippen molar-refractivity contribution in [1.29, 1.82) is 0 Å². The molecule has 1 aromatic rings. The van der Waals surface area contributed by atoms with Crippen LogP contribution < -0.4 is 9.80 Å². The van der Waals surface area contributed by atoms with Crippen molar-refractivity contribution < 1.29 is 19.1 Å². The Bertz CT molecular complexity index is 853. The van der Waals surface area contributed by atoms with E-state index in [2.05, 4.69) is 24.9 Å². The Morgan fingerprint density at radius 2 is 2.14 bits per heavy atom. The third kappa shape index (κ3) is 2.17. The first-order chi connectivity index (χ1) is 13.5. The van der Waals surface area contributed by atoms with Crippen LogP contribution in [0.15, 0.2) is 29.8 Å². The Balaban J connectivity index is 1.69. The molecule has 1 spiro atoms. The highest BCUT2D eigenvalue weighted by Gasteiger charge is 2.64. The quantitative estimate of drug-likeness (QED) is 0.734. The van der Waals surface area contributed by atoms with Crippen LogP contribution in [0.4, 0.5) is 5.69 Å². The zero-order valence-corrected chi connectivity index (χ0v) is 17.0. The fraction of sp³-hybridized carbons (Fsp3) is 0.591. The molecule has 4 fully saturated rings. The number of allylic oxidation sites excluding steroid dienone is 1. The minimum atomic E-state index is -0.705. The number of likely N-dealkylation sites (N-methyl/N-ethyl adjacent to an activating group) is 1. The van der Waals surface area contributed by atoms with Crippen molar-refractivity contribution >= 4 is 11.6 Å². The molecule has 6 nitrogen and oxygen atoms in total. The molecule has 0 aromatic heterocycles. The normalized spacial score (nSPS) is 38.2. The predicted molar refractivity (Wildman–Crippen MR) is 105 cm³/mol. The minimum absolute atomic E-state index is 0.00752. The highest BCUT2D eigenvalue weighted by Crippen LogP contribution is 2.57. The molecule has 1 saturated carbocycles. The molecule has 1 amide bonds. The number of nitrogens with zero attached hydrogens (tertiary/aromatic N) is 2. The summed E-state index contributed by atoms with van der Waals surface area (Å²) in [5.74, 6) is 1.64. The smallest absolute Gasteiger partial charge is 0.264 e. The molecule has 0 N–H and O–H groups in total. The van der Waals surface area contributed by atoms with E-state index >= 15 is 0 Å². The van der Waals surface area contributed by atoms with Crippen LogP contribution in [-0.2, 0) is 19.8 Å². The summed E-state index contributed by atoms with van der Waals surface area (Å²) in [6.45, 7) is 3.83. The second-order valence-corrected chi connectivity index (χ2v) is 8.51. The molecule has 4 aliphatic heterocycles. The largest absolute Gasteiger partial charge is 0.497 e. The third-order valence-electron chi connectivity index (χ3n) is 7.55. The first kappa shape index (κ1) is 18.2. The van der Waals surface area contributed by atoms with E-state index in [1.807, 2.05) is 18.2 Å². The minimum Gasteiger partial charge on any atom is -0.497 e. The molecule has 6 heteroatoms. The second kappa shape index (κ2) is 6.31. The maximum absolute atomic E-state index is 13.8. The van der Waals surface area contributed by atoms with Crippen molar-refractivity contribution in [2.75, 3.05) is 39.5 Å². The van der Waals surface area contributed by atoms with E-state index in [1.165, 1.54) is 10.6 Å². The molecule has 1 aromatic carbocycles. The Morgan fingerprint density at radius 3 is 2.86 bits per heavy atom. The summed E-state index contributed by atoms with van der Waals surface area (Å²) in [7, 11) is 5.37. The number of rotatable bonds is 2. The molecule has 5 aliphatic rings. The average molecular weight is 384 g/mol. The SMILES string of the molecule is C/C=C1\CN(C)[C@@H]2C[C@]3(C(=O)N(OC)c4cc(OC)ccc43)[C@@H]3C[C@H]1[C@H]2CO3. The van der Waals surface area contributed by atoms with E-state index in [0.29, 0.717) is 17.9 Å². The number of anilines is 1. The van der Waals surface area contributed by atoms with Gasteiger partial charge in [-0.05, 0) is 44.4 Å². The van der Waals surface area contributed by atoms with Gasteiger partial charge >= 0.3 is 0 Å². The summed E-state index contributed by atoms with van der Waals surface area (Å²) in [4.78, 5) is 21.8. The lowest BCUT2D eigenvalue weighted by molar-refractivity contribution is -0.137. The van der Waals surface area contributed by atoms with Crippen LogP contribution in [0, 0.1) is 11.8 Å². The van der Waals surface area contributed by atoms with E-state index in [0.717, 1.165) is 43.0 Å². The van der Waals surface area contributed by atoms with Crippen LogP contribution in [0.25, 0.3) is 0 Å². The van der Waals surface area contributed by atoms with Crippen LogP contribution in [0.3, 0.4) is 0 Å². The summed E-state index contributed by atoms with van der Waals surface area (Å²) in [6, 6.07) is 6.19. The Hall–Kier alpha value is -1.89. The molecule has 0 radical (unpaired) electrons. The Labute approximate surface area is 166 Å². The van der Waals surface area contributed by atoms with Crippen LogP contribution in [0.1, 0.15) is 25.3 Å². The molecule has 6 rings (SSSR count). The van der Waals surface area contributed by atoms with Gasteiger partial charge in [-0.3, -0.25) is 14.5 Å². The highest BCUT2D eigenvalue weighted by molar-refractivity contribution is 6.07. The van der Waals surface area contributed by atoms with Crippen LogP contribution in [0.2, 0.25) is 0 Å². The number of piperidine rings is 1. The molecule has 1 aliphatic carbocycles. The fourth-order valence-corrected chi connectivity index (χ4v) is 6.17. The number of carbonyl (C=O) groups excluding carboxylic acids is 1. The topological polar surface area (TPSA) is 51.2 Å². The number of hydrogen-bond acceptors (Lipinski definition) is 5. The highest BCUT2D eigenvalue weighted by atomic mass is 16.7. The summed E-state index contributed by atoms with van der Waals surface area (Å²) >= 11 is 0. The van der Waals surface area contributed by atoms with E-state index in [4.69, 9.17) is 14.3 Å². The van der Waals surface area contributed by atoms with Crippen molar-refractivity contribution in [3.05, 3.63) is 35.4 Å². The summed E-state index contributed by atoms with van der Waals surface area (Å²) in [5.41, 5.74) is 2.57. The van der Waals surface area contributed by atoms with Gasteiger partial charge in [0.1, 0.15) is 11.2 Å². The van der Waals surface area contributed by atoms with Gasteiger partial charge < -0.3 is 9.47 Å². The first-order valence-corrected chi connectivity index (χ1v) is 10.1. The van der Waals surface area contributed by atoms with Gasteiger partial charge in [0, 0.05) is 24.6 Å². The second-order valence-electron chi connectivity index (χ2n) is 8.51. The van der Waals surface area contributed by atoms with Gasteiger partial charge in [0.05, 0.1) is 32.6 Å². The van der Waals surface area contributed by atoms with Gasteiger partial charge in [-0.1, -0.05) is 17.7 Å². The van der Waals surface area contributed by atoms with Gasteiger partial charge in [-0.2, -0.15) is 5.06 Å². The summed E-state index contributed by atoms with van der Waals surface area (Å²) < 4.78 is 11.8. The van der Waals surface area contributed by atoms with Crippen molar-refractivity contribution in [1.82, 2.24) is 4.90 Å². The molecular weight excluding hydrogens is 356 g/mol. The van der Waals surface area contributed by atoms with Gasteiger partial charge in [0.2, 0.25) is 0 Å². The van der Waals surface area contributed by atoms with E-state index in [1.54, 1.807) is 14.2 Å². The van der Waals surface area contributed by atoms with Crippen molar-refractivity contribution in [3.63, 3.8) is 0 Å². The number of ether oxygens (including phenoxy) is 2. The van der Waals surface area contributed by atoms with Crippen molar-refractivity contribution in [2.45, 2.75) is 37.3 Å². The Kier molecular flexibility index (Phi) is 4.09. The maximum Gasteiger partial charge on any atom is 0.264 e. The number of fused-ring (bicyclic) bond motifs is 2. The van der Waals surface area contributed by atoms with Crippen LogP contribution in [-0.4, -0.2) is 57.4 Å². The lowest BCUT2D eigenvalue weighted by Gasteiger charge is -2.46. The number of hydroxylamine groups is 1. The van der Waals surface area contributed by atoms with Gasteiger partial charge in [0.15, 0.2) is 0 Å². The molecule has 3 saturated heterocycles. The number of hydrogen-bond donors (Lipinski definition) is 0. The van der Waals surface area contributed by atoms with E-state index in [-0.39, 0.29) is 12.0 Å². The molecule has 4 heterocycles. The maximum atomic E-state index is 13.8. The average Bonchev–Trinajstić information content (AvgIpc) is 2.82. The standard InChI is InChI=1S/C22H28N2O4/c1-5-13-11-23(2)19-10-22(20-9-15(13)16(19)12-28-20)17-7-6-14(26-3)8-18(17)24(27-4)21(22)25/h5-8,15-16,19-20H,9-12H2,1-4H3/b13-5+/t15-,16-,19-,20+,22-/m1/s1. The summed E-state index contributed by atoms with van der Waals surface area (Å²) in [5, 5.41) is 1.44. The monoisotopic (exact) mass is 384 g/mol. The van der Waals surface area contributed by atoms with E-state index in [9.17, 15) is 4.79 Å². The number of benzene rings is 1. The van der Waals surface area contributed by atoms with Crippen molar-refractivity contribution in [2.24, 2.45) is 11.8 Å². The molecule has 5 atom stereocenters. The van der Waals surface area contributed by atoms with Crippen molar-refractivity contribution in [3.8, 4) is 5.75 Å². The number of likely N-dealkylation sites (tertiary alicyclic amines) is 1. The lowest BCUT2D eigenvalue weighted by atomic mass is 9.72. The fourth-order valence-electron chi connectivity index (χ4n) is 6.17. The number of amides is 1. The van der Waals surface area contributed by atoms with Gasteiger partial charge in [-0.25, -0.2) is 0 Å². The molecule has 150 valence electrons. The Morgan fingerprint density at radius 1 is 1.32 bits per heavy atom. The van der Waals surface area contributed by atoms with Gasteiger partial charge in [0.25, 0.3) is 5.91 Å². The van der Waals surface area contributed by atoms with E-state index < -0.39 is 5.41 Å². The lowest BCUT2D eigenvalue weighted by Crippen LogP contribution is -2.50. The predicted octanol–water partition coefficient (Wildman–Crippen LogP) is 2.53.